The third-order valence-corrected chi connectivity index (χ3v) is 9.40. The van der Waals surface area contributed by atoms with E-state index in [0.29, 0.717) is 82.3 Å². The summed E-state index contributed by atoms with van der Waals surface area (Å²) in [5, 5.41) is 12.0. The number of benzene rings is 2. The molecule has 0 radical (unpaired) electrons. The average molecular weight is 732 g/mol. The van der Waals surface area contributed by atoms with Crippen LogP contribution in [0, 0.1) is 0 Å². The number of rotatable bonds is 21. The van der Waals surface area contributed by atoms with Crippen LogP contribution >= 0.6 is 23.2 Å². The number of ether oxygens (including phenoxy) is 3. The van der Waals surface area contributed by atoms with E-state index < -0.39 is 10.0 Å². The van der Waals surface area contributed by atoms with E-state index in [9.17, 15) is 18.0 Å². The number of sulfonamides is 1. The van der Waals surface area contributed by atoms with Gasteiger partial charge in [0.15, 0.2) is 0 Å². The van der Waals surface area contributed by atoms with E-state index in [0.717, 1.165) is 29.5 Å². The number of nitrogens with zero attached hydrogens (tertiary/aromatic N) is 1. The molecule has 0 aromatic heterocycles. The predicted octanol–water partition coefficient (Wildman–Crippen LogP) is 3.30. The van der Waals surface area contributed by atoms with Crippen molar-refractivity contribution >= 4 is 45.3 Å². The standard InChI is InChI=1S/C32H48Cl2N6O7S/c1-3-35-31(41)36-9-4-5-10-37-32(42)38-11-13-45-15-17-47-18-16-46-14-12-39-48(43,44)26-8-6-7-24(19-26)28-22-40(2)23-29-27(28)20-25(33)21-30(29)34/h6-8,19-21,28,39H,3-5,9-18,22-23H2,1-2H3,(H2,35,36,41)(H2,37,38,42)/t28-/m0/s1. The summed E-state index contributed by atoms with van der Waals surface area (Å²) >= 11 is 12.8. The van der Waals surface area contributed by atoms with Crippen LogP contribution in [-0.2, 0) is 30.8 Å². The molecule has 1 atom stereocenters. The Morgan fingerprint density at radius 1 is 0.833 bits per heavy atom. The molecule has 0 saturated carbocycles. The number of urea groups is 2. The molecule has 0 bridgehead atoms. The van der Waals surface area contributed by atoms with Crippen molar-refractivity contribution in [2.24, 2.45) is 0 Å². The summed E-state index contributed by atoms with van der Waals surface area (Å²) in [6.45, 7) is 7.30. The van der Waals surface area contributed by atoms with Crippen LogP contribution < -0.4 is 26.0 Å². The number of nitrogens with one attached hydrogen (secondary N) is 5. The van der Waals surface area contributed by atoms with Gasteiger partial charge in [0.05, 0.1) is 44.5 Å². The van der Waals surface area contributed by atoms with Crippen molar-refractivity contribution < 1.29 is 32.2 Å². The topological polar surface area (TPSA) is 159 Å². The SMILES string of the molecule is CCNC(=O)NCCCCNC(=O)NCCOCCOCCOCCNS(=O)(=O)c1cccc([C@@H]2CN(C)Cc3c(Cl)cc(Cl)cc32)c1. The van der Waals surface area contributed by atoms with Crippen LogP contribution in [0.2, 0.25) is 10.0 Å². The maximum absolute atomic E-state index is 13.0. The third-order valence-electron chi connectivity index (χ3n) is 7.39. The highest BCUT2D eigenvalue weighted by molar-refractivity contribution is 7.89. The Hall–Kier alpha value is -2.69. The molecule has 1 aliphatic rings. The highest BCUT2D eigenvalue weighted by atomic mass is 35.5. The second-order valence-electron chi connectivity index (χ2n) is 11.2. The first-order valence-corrected chi connectivity index (χ1v) is 18.4. The van der Waals surface area contributed by atoms with Crippen molar-refractivity contribution in [1.82, 2.24) is 30.9 Å². The van der Waals surface area contributed by atoms with Gasteiger partial charge in [-0.2, -0.15) is 0 Å². The van der Waals surface area contributed by atoms with Gasteiger partial charge in [0, 0.05) is 61.8 Å². The number of carbonyl (C=O) groups is 2. The third kappa shape index (κ3) is 14.0. The molecule has 13 nitrogen and oxygen atoms in total. The Labute approximate surface area is 293 Å². The molecule has 5 N–H and O–H groups in total. The maximum Gasteiger partial charge on any atom is 0.314 e. The first-order valence-electron chi connectivity index (χ1n) is 16.1. The lowest BCUT2D eigenvalue weighted by Crippen LogP contribution is -2.38. The summed E-state index contributed by atoms with van der Waals surface area (Å²) < 4.78 is 45.1. The smallest absolute Gasteiger partial charge is 0.314 e. The minimum Gasteiger partial charge on any atom is -0.378 e. The van der Waals surface area contributed by atoms with E-state index in [1.807, 2.05) is 26.1 Å². The fraction of sp³-hybridized carbons (Fsp3) is 0.562. The summed E-state index contributed by atoms with van der Waals surface area (Å²) in [6.07, 6.45) is 1.52. The van der Waals surface area contributed by atoms with Gasteiger partial charge in [0.2, 0.25) is 10.0 Å². The molecule has 2 aromatic carbocycles. The van der Waals surface area contributed by atoms with Crippen molar-refractivity contribution in [3.8, 4) is 0 Å². The molecule has 16 heteroatoms. The van der Waals surface area contributed by atoms with Crippen LogP contribution in [0.25, 0.3) is 0 Å². The molecule has 0 fully saturated rings. The monoisotopic (exact) mass is 730 g/mol. The molecule has 3 rings (SSSR count). The first kappa shape index (κ1) is 39.7. The minimum absolute atomic E-state index is 0.0699. The van der Waals surface area contributed by atoms with Crippen LogP contribution in [0.5, 0.6) is 0 Å². The second-order valence-corrected chi connectivity index (χ2v) is 13.8. The van der Waals surface area contributed by atoms with Gasteiger partial charge in [-0.05, 0) is 67.8 Å². The summed E-state index contributed by atoms with van der Waals surface area (Å²) in [5.41, 5.74) is 2.89. The number of unbranched alkanes of at least 4 members (excludes halogenated alkanes) is 1. The summed E-state index contributed by atoms with van der Waals surface area (Å²) in [4.78, 5) is 25.4. The highest BCUT2D eigenvalue weighted by Crippen LogP contribution is 2.38. The van der Waals surface area contributed by atoms with Crippen LogP contribution in [-0.4, -0.2) is 111 Å². The summed E-state index contributed by atoms with van der Waals surface area (Å²) in [6, 6.07) is 10.1. The first-order chi connectivity index (χ1) is 23.1. The van der Waals surface area contributed by atoms with E-state index >= 15 is 0 Å². The van der Waals surface area contributed by atoms with Crippen LogP contribution in [0.15, 0.2) is 41.3 Å². The number of carbonyl (C=O) groups excluding carboxylic acids is 2. The highest BCUT2D eigenvalue weighted by Gasteiger charge is 2.28. The van der Waals surface area contributed by atoms with Gasteiger partial charge < -0.3 is 40.4 Å². The lowest BCUT2D eigenvalue weighted by Gasteiger charge is -2.33. The van der Waals surface area contributed by atoms with Crippen molar-refractivity contribution in [1.29, 1.82) is 0 Å². The fourth-order valence-electron chi connectivity index (χ4n) is 5.08. The van der Waals surface area contributed by atoms with Gasteiger partial charge in [-0.15, -0.1) is 0 Å². The van der Waals surface area contributed by atoms with Crippen molar-refractivity contribution in [2.75, 3.05) is 86.0 Å². The molecule has 1 aliphatic heterocycles. The Bertz CT molecular complexity index is 1420. The Morgan fingerprint density at radius 3 is 2.10 bits per heavy atom. The lowest BCUT2D eigenvalue weighted by atomic mass is 9.85. The molecule has 0 aliphatic carbocycles. The average Bonchev–Trinajstić information content (AvgIpc) is 3.05. The number of likely N-dealkylation sites (N-methyl/N-ethyl adjacent to an activating group) is 1. The van der Waals surface area contributed by atoms with Gasteiger partial charge in [0.1, 0.15) is 0 Å². The van der Waals surface area contributed by atoms with Gasteiger partial charge in [-0.25, -0.2) is 22.7 Å². The minimum atomic E-state index is -3.75. The Morgan fingerprint density at radius 2 is 1.44 bits per heavy atom. The molecular weight excluding hydrogens is 683 g/mol. The van der Waals surface area contributed by atoms with Gasteiger partial charge >= 0.3 is 12.1 Å². The zero-order valence-corrected chi connectivity index (χ0v) is 29.9. The predicted molar refractivity (Wildman–Crippen MR) is 186 cm³/mol. The number of amides is 4. The van der Waals surface area contributed by atoms with Gasteiger partial charge in [0.25, 0.3) is 0 Å². The number of halogens is 2. The Balaban J connectivity index is 1.22. The lowest BCUT2D eigenvalue weighted by molar-refractivity contribution is 0.0165. The molecule has 0 unspecified atom stereocenters. The van der Waals surface area contributed by atoms with E-state index in [-0.39, 0.29) is 36.0 Å². The number of hydrogen-bond acceptors (Lipinski definition) is 8. The molecule has 0 spiro atoms. The zero-order chi connectivity index (χ0) is 34.8. The Kier molecular flexibility index (Phi) is 17.7. The molecule has 2 aromatic rings. The number of fused-ring (bicyclic) bond motifs is 1. The van der Waals surface area contributed by atoms with Gasteiger partial charge in [-0.1, -0.05) is 35.3 Å². The second kappa shape index (κ2) is 21.4. The van der Waals surface area contributed by atoms with E-state index in [2.05, 4.69) is 30.9 Å². The maximum atomic E-state index is 13.0. The van der Waals surface area contributed by atoms with Crippen LogP contribution in [0.1, 0.15) is 42.4 Å². The number of hydrogen-bond donors (Lipinski definition) is 5. The quantitative estimate of drug-likeness (QED) is 0.122. The molecular formula is C32H48Cl2N6O7S. The molecule has 0 saturated heterocycles. The molecule has 4 amide bonds. The fourth-order valence-corrected chi connectivity index (χ4v) is 6.72. The molecule has 48 heavy (non-hydrogen) atoms. The molecule has 1 heterocycles. The van der Waals surface area contributed by atoms with E-state index in [1.54, 1.807) is 24.3 Å². The molecule has 268 valence electrons. The van der Waals surface area contributed by atoms with Gasteiger partial charge in [-0.3, -0.25) is 0 Å². The summed E-state index contributed by atoms with van der Waals surface area (Å²) in [7, 11) is -1.74. The van der Waals surface area contributed by atoms with E-state index in [4.69, 9.17) is 37.4 Å². The zero-order valence-electron chi connectivity index (χ0n) is 27.6. The normalized spacial score (nSPS) is 14.7. The van der Waals surface area contributed by atoms with Crippen molar-refractivity contribution in [3.63, 3.8) is 0 Å². The summed E-state index contributed by atoms with van der Waals surface area (Å²) in [5.74, 6) is -0.0699. The van der Waals surface area contributed by atoms with Crippen molar-refractivity contribution in [3.05, 3.63) is 63.1 Å². The van der Waals surface area contributed by atoms with E-state index in [1.165, 1.54) is 0 Å². The van der Waals surface area contributed by atoms with Crippen LogP contribution in [0.3, 0.4) is 0 Å². The van der Waals surface area contributed by atoms with Crippen LogP contribution in [0.4, 0.5) is 9.59 Å². The van der Waals surface area contributed by atoms with Crippen molar-refractivity contribution in [2.45, 2.75) is 37.1 Å². The largest absolute Gasteiger partial charge is 0.378 e.